The van der Waals surface area contributed by atoms with Gasteiger partial charge in [0.25, 0.3) is 11.5 Å². The minimum Gasteiger partial charge on any atom is -0.490 e. The van der Waals surface area contributed by atoms with E-state index in [-0.39, 0.29) is 29.0 Å². The van der Waals surface area contributed by atoms with Crippen molar-refractivity contribution in [2.75, 3.05) is 13.7 Å². The number of halogens is 4. The topological polar surface area (TPSA) is 60.3 Å². The van der Waals surface area contributed by atoms with E-state index < -0.39 is 23.1 Å². The van der Waals surface area contributed by atoms with Crippen molar-refractivity contribution in [3.63, 3.8) is 0 Å². The molecule has 0 aliphatic rings. The molecule has 0 saturated carbocycles. The van der Waals surface area contributed by atoms with E-state index in [2.05, 4.69) is 5.32 Å². The summed E-state index contributed by atoms with van der Waals surface area (Å²) >= 11 is 12.0. The molecule has 174 valence electrons. The van der Waals surface area contributed by atoms with Gasteiger partial charge < -0.3 is 14.6 Å². The number of aryl methyl sites for hydroxylation is 1. The van der Waals surface area contributed by atoms with Crippen LogP contribution >= 0.6 is 23.2 Å². The summed E-state index contributed by atoms with van der Waals surface area (Å²) in [6.45, 7) is 1.88. The second kappa shape index (κ2) is 10.4. The van der Waals surface area contributed by atoms with Crippen LogP contribution in [-0.4, -0.2) is 24.1 Å². The van der Waals surface area contributed by atoms with Gasteiger partial charge in [-0.3, -0.25) is 9.59 Å². The molecule has 0 radical (unpaired) electrons. The Morgan fingerprint density at radius 3 is 2.36 bits per heavy atom. The highest BCUT2D eigenvalue weighted by atomic mass is 35.5. The lowest BCUT2D eigenvalue weighted by atomic mass is 9.96. The van der Waals surface area contributed by atoms with Gasteiger partial charge in [0.1, 0.15) is 11.6 Å². The number of carbonyl (C=O) groups excluding carboxylic acids is 1. The molecule has 0 saturated heterocycles. The van der Waals surface area contributed by atoms with Gasteiger partial charge in [-0.05, 0) is 55.2 Å². The molecule has 3 aromatic rings. The summed E-state index contributed by atoms with van der Waals surface area (Å²) in [5, 5.41) is 3.68. The lowest BCUT2D eigenvalue weighted by molar-refractivity contribution is 0.0950. The monoisotopic (exact) mass is 494 g/mol. The molecular formula is C24H22Cl2F2N2O3. The molecule has 1 heterocycles. The second-order valence-electron chi connectivity index (χ2n) is 7.50. The molecule has 0 atom stereocenters. The number of hydrogen-bond acceptors (Lipinski definition) is 3. The Morgan fingerprint density at radius 1 is 1.09 bits per heavy atom. The van der Waals surface area contributed by atoms with Crippen LogP contribution in [-0.2, 0) is 13.5 Å². The fourth-order valence-corrected chi connectivity index (χ4v) is 3.93. The van der Waals surface area contributed by atoms with Crippen molar-refractivity contribution in [3.8, 4) is 16.9 Å². The van der Waals surface area contributed by atoms with Crippen molar-refractivity contribution in [2.45, 2.75) is 19.8 Å². The number of nitrogens with one attached hydrogen (secondary N) is 1. The Labute approximate surface area is 199 Å². The lowest BCUT2D eigenvalue weighted by Crippen LogP contribution is -2.31. The molecular weight excluding hydrogens is 473 g/mol. The number of pyridine rings is 1. The van der Waals surface area contributed by atoms with Gasteiger partial charge in [0.15, 0.2) is 5.75 Å². The van der Waals surface area contributed by atoms with Crippen LogP contribution in [0.5, 0.6) is 5.75 Å². The Bertz CT molecular complexity index is 1260. The molecule has 0 aliphatic heterocycles. The van der Waals surface area contributed by atoms with Crippen LogP contribution in [0.4, 0.5) is 8.78 Å². The first-order valence-electron chi connectivity index (χ1n) is 10.1. The molecule has 0 aliphatic carbocycles. The van der Waals surface area contributed by atoms with Crippen molar-refractivity contribution in [1.29, 1.82) is 0 Å². The van der Waals surface area contributed by atoms with Gasteiger partial charge in [-0.2, -0.15) is 0 Å². The Kier molecular flexibility index (Phi) is 7.76. The van der Waals surface area contributed by atoms with E-state index in [1.807, 2.05) is 6.07 Å². The number of aromatic nitrogens is 1. The van der Waals surface area contributed by atoms with Gasteiger partial charge in [-0.1, -0.05) is 29.3 Å². The summed E-state index contributed by atoms with van der Waals surface area (Å²) < 4.78 is 34.4. The van der Waals surface area contributed by atoms with Crippen LogP contribution < -0.4 is 15.6 Å². The number of hydrogen-bond donors (Lipinski definition) is 1. The molecule has 0 spiro atoms. The molecule has 2 aromatic carbocycles. The van der Waals surface area contributed by atoms with Crippen LogP contribution in [0.1, 0.15) is 28.0 Å². The summed E-state index contributed by atoms with van der Waals surface area (Å²) in [6, 6.07) is 8.26. The first-order chi connectivity index (χ1) is 15.6. The minimum absolute atomic E-state index is 0.0716. The zero-order valence-corrected chi connectivity index (χ0v) is 19.8. The van der Waals surface area contributed by atoms with E-state index in [0.29, 0.717) is 28.6 Å². The SMILES string of the molecule is COc1c(C(=O)NCCCc2ccc(Cl)c(Cl)c2)c(-c2cc(F)cc(F)c2)c(C)n(C)c1=O. The predicted octanol–water partition coefficient (Wildman–Crippen LogP) is 5.32. The van der Waals surface area contributed by atoms with E-state index in [0.717, 1.165) is 23.8 Å². The van der Waals surface area contributed by atoms with Gasteiger partial charge >= 0.3 is 0 Å². The quantitative estimate of drug-likeness (QED) is 0.452. The summed E-state index contributed by atoms with van der Waals surface area (Å²) in [4.78, 5) is 25.9. The number of methoxy groups -OCH3 is 1. The second-order valence-corrected chi connectivity index (χ2v) is 8.31. The van der Waals surface area contributed by atoms with Crippen LogP contribution in [0.15, 0.2) is 41.2 Å². The standard InChI is InChI=1S/C24H22Cl2F2N2O3/c1-13-20(15-10-16(27)12-17(28)11-15)21(22(33-3)24(32)30(13)2)23(31)29-8-4-5-14-6-7-18(25)19(26)9-14/h6-7,9-12H,4-5,8H2,1-3H3,(H,29,31). The molecule has 3 rings (SSSR count). The molecule has 33 heavy (non-hydrogen) atoms. The van der Waals surface area contributed by atoms with Crippen molar-refractivity contribution < 1.29 is 18.3 Å². The number of benzene rings is 2. The first kappa shape index (κ1) is 24.7. The summed E-state index contributed by atoms with van der Waals surface area (Å²) in [5.74, 6) is -2.39. The lowest BCUT2D eigenvalue weighted by Gasteiger charge is -2.19. The summed E-state index contributed by atoms with van der Waals surface area (Å²) in [5.41, 5.74) is 1.06. The third-order valence-corrected chi connectivity index (χ3v) is 6.07. The van der Waals surface area contributed by atoms with Gasteiger partial charge in [-0.15, -0.1) is 0 Å². The van der Waals surface area contributed by atoms with Crippen molar-refractivity contribution in [2.24, 2.45) is 7.05 Å². The Hall–Kier alpha value is -2.90. The maximum Gasteiger partial charge on any atom is 0.293 e. The van der Waals surface area contributed by atoms with E-state index in [9.17, 15) is 18.4 Å². The van der Waals surface area contributed by atoms with E-state index >= 15 is 0 Å². The molecule has 1 N–H and O–H groups in total. The van der Waals surface area contributed by atoms with Crippen LogP contribution in [0.3, 0.4) is 0 Å². The van der Waals surface area contributed by atoms with Crippen LogP contribution in [0.2, 0.25) is 10.0 Å². The number of rotatable bonds is 7. The number of carbonyl (C=O) groups is 1. The molecule has 1 amide bonds. The van der Waals surface area contributed by atoms with Gasteiger partial charge in [0, 0.05) is 30.9 Å². The van der Waals surface area contributed by atoms with Crippen molar-refractivity contribution in [3.05, 3.63) is 85.3 Å². The normalized spacial score (nSPS) is 10.9. The smallest absolute Gasteiger partial charge is 0.293 e. The summed E-state index contributed by atoms with van der Waals surface area (Å²) in [6.07, 6.45) is 1.21. The maximum atomic E-state index is 13.9. The molecule has 0 bridgehead atoms. The molecule has 1 aromatic heterocycles. The summed E-state index contributed by atoms with van der Waals surface area (Å²) in [7, 11) is 2.77. The number of nitrogens with zero attached hydrogens (tertiary/aromatic N) is 1. The average molecular weight is 495 g/mol. The van der Waals surface area contributed by atoms with E-state index in [4.69, 9.17) is 27.9 Å². The molecule has 0 unspecified atom stereocenters. The van der Waals surface area contributed by atoms with Gasteiger partial charge in [0.2, 0.25) is 0 Å². The third-order valence-electron chi connectivity index (χ3n) is 5.34. The highest BCUT2D eigenvalue weighted by Crippen LogP contribution is 2.32. The first-order valence-corrected chi connectivity index (χ1v) is 10.9. The maximum absolute atomic E-state index is 13.9. The fourth-order valence-electron chi connectivity index (χ4n) is 3.61. The van der Waals surface area contributed by atoms with E-state index in [1.54, 1.807) is 19.1 Å². The van der Waals surface area contributed by atoms with Crippen molar-refractivity contribution >= 4 is 29.1 Å². The number of ether oxygens (including phenoxy) is 1. The minimum atomic E-state index is -0.801. The molecule has 9 heteroatoms. The molecule has 0 fully saturated rings. The highest BCUT2D eigenvalue weighted by molar-refractivity contribution is 6.42. The van der Waals surface area contributed by atoms with Gasteiger partial charge in [-0.25, -0.2) is 8.78 Å². The fraction of sp³-hybridized carbons (Fsp3) is 0.250. The largest absolute Gasteiger partial charge is 0.490 e. The third kappa shape index (κ3) is 5.37. The van der Waals surface area contributed by atoms with Crippen molar-refractivity contribution in [1.82, 2.24) is 9.88 Å². The zero-order valence-electron chi connectivity index (χ0n) is 18.3. The Balaban J connectivity index is 1.92. The number of amides is 1. The van der Waals surface area contributed by atoms with Gasteiger partial charge in [0.05, 0.1) is 22.7 Å². The predicted molar refractivity (Wildman–Crippen MR) is 125 cm³/mol. The highest BCUT2D eigenvalue weighted by Gasteiger charge is 2.26. The average Bonchev–Trinajstić information content (AvgIpc) is 2.76. The Morgan fingerprint density at radius 2 is 1.76 bits per heavy atom. The van der Waals surface area contributed by atoms with Crippen LogP contribution in [0, 0.1) is 18.6 Å². The van der Waals surface area contributed by atoms with E-state index in [1.165, 1.54) is 18.7 Å². The zero-order chi connectivity index (χ0) is 24.3. The van der Waals surface area contributed by atoms with Crippen LogP contribution in [0.25, 0.3) is 11.1 Å². The molecule has 5 nitrogen and oxygen atoms in total.